The van der Waals surface area contributed by atoms with Crippen LogP contribution in [0.15, 0.2) is 16.5 Å². The molecule has 1 aromatic heterocycles. The lowest BCUT2D eigenvalue weighted by molar-refractivity contribution is 0.0783. The molecule has 0 saturated heterocycles. The maximum atomic E-state index is 15.1. The molecule has 5 nitrogen and oxygen atoms in total. The second-order valence-corrected chi connectivity index (χ2v) is 9.99. The van der Waals surface area contributed by atoms with Gasteiger partial charge in [0.05, 0.1) is 21.8 Å². The molecule has 1 atom stereocenters. The van der Waals surface area contributed by atoms with Gasteiger partial charge in [-0.2, -0.15) is 0 Å². The summed E-state index contributed by atoms with van der Waals surface area (Å²) < 4.78 is 16.0. The topological polar surface area (TPSA) is 88.4 Å². The first-order valence-corrected chi connectivity index (χ1v) is 11.1. The Bertz CT molecular complexity index is 899. The van der Waals surface area contributed by atoms with E-state index in [1.54, 1.807) is 26.1 Å². The Kier molecular flexibility index (Phi) is 7.71. The van der Waals surface area contributed by atoms with Gasteiger partial charge in [-0.15, -0.1) is 17.8 Å². The van der Waals surface area contributed by atoms with E-state index >= 15 is 4.39 Å². The normalized spacial score (nSPS) is 13.1. The minimum Gasteiger partial charge on any atom is -0.398 e. The Morgan fingerprint density at radius 1 is 1.41 bits per heavy atom. The van der Waals surface area contributed by atoms with Crippen molar-refractivity contribution in [1.82, 2.24) is 9.88 Å². The fourth-order valence-electron chi connectivity index (χ4n) is 2.97. The van der Waals surface area contributed by atoms with E-state index in [9.17, 15) is 5.11 Å². The highest BCUT2D eigenvalue weighted by atomic mass is 32.2. The van der Waals surface area contributed by atoms with Gasteiger partial charge in [-0.05, 0) is 38.3 Å². The third-order valence-electron chi connectivity index (χ3n) is 4.73. The summed E-state index contributed by atoms with van der Waals surface area (Å²) in [7, 11) is 0. The van der Waals surface area contributed by atoms with Crippen LogP contribution < -0.4 is 11.5 Å². The van der Waals surface area contributed by atoms with E-state index in [0.717, 1.165) is 9.77 Å². The highest BCUT2D eigenvalue weighted by molar-refractivity contribution is 8.01. The number of aromatic nitrogens is 1. The molecular weight excluding hydrogens is 407 g/mol. The Labute approximate surface area is 180 Å². The molecule has 158 valence electrons. The van der Waals surface area contributed by atoms with E-state index < -0.39 is 11.4 Å². The first kappa shape index (κ1) is 23.6. The average molecular weight is 437 g/mol. The Balaban J connectivity index is 2.29. The number of terminal acetylenes is 1. The van der Waals surface area contributed by atoms with Gasteiger partial charge in [-0.25, -0.2) is 9.37 Å². The molecule has 0 bridgehead atoms. The summed E-state index contributed by atoms with van der Waals surface area (Å²) in [6, 6.07) is 1.29. The molecule has 0 saturated carbocycles. The maximum Gasteiger partial charge on any atom is 0.145 e. The van der Waals surface area contributed by atoms with Gasteiger partial charge < -0.3 is 16.6 Å². The van der Waals surface area contributed by atoms with Gasteiger partial charge in [0.25, 0.3) is 0 Å². The Morgan fingerprint density at radius 3 is 2.55 bits per heavy atom. The van der Waals surface area contributed by atoms with Crippen LogP contribution in [-0.2, 0) is 5.60 Å². The van der Waals surface area contributed by atoms with Gasteiger partial charge in [0.2, 0.25) is 0 Å². The van der Waals surface area contributed by atoms with Gasteiger partial charge in [-0.1, -0.05) is 31.5 Å². The number of halogens is 1. The summed E-state index contributed by atoms with van der Waals surface area (Å²) in [5.74, 6) is 2.60. The summed E-state index contributed by atoms with van der Waals surface area (Å²) in [5, 5.41) is 10.7. The molecule has 0 aliphatic carbocycles. The van der Waals surface area contributed by atoms with Crippen LogP contribution in [0.5, 0.6) is 0 Å². The van der Waals surface area contributed by atoms with E-state index in [1.165, 1.54) is 23.1 Å². The lowest BCUT2D eigenvalue weighted by Gasteiger charge is -2.30. The molecule has 0 radical (unpaired) electrons. The zero-order chi connectivity index (χ0) is 21.9. The van der Waals surface area contributed by atoms with E-state index in [-0.39, 0.29) is 24.2 Å². The number of nitrogens with zero attached hydrogens (tertiary/aromatic N) is 2. The van der Waals surface area contributed by atoms with Crippen LogP contribution in [0.25, 0.3) is 0 Å². The molecule has 1 heterocycles. The summed E-state index contributed by atoms with van der Waals surface area (Å²) in [4.78, 5) is 6.20. The third kappa shape index (κ3) is 5.30. The number of hydrogen-bond donors (Lipinski definition) is 3. The predicted molar refractivity (Wildman–Crippen MR) is 120 cm³/mol. The summed E-state index contributed by atoms with van der Waals surface area (Å²) in [6.45, 7) is 9.50. The van der Waals surface area contributed by atoms with Crippen LogP contribution in [0.2, 0.25) is 0 Å². The summed E-state index contributed by atoms with van der Waals surface area (Å²) in [5.41, 5.74) is 13.2. The van der Waals surface area contributed by atoms with Crippen molar-refractivity contribution in [2.75, 3.05) is 18.3 Å². The van der Waals surface area contributed by atoms with E-state index in [1.807, 2.05) is 25.7 Å². The van der Waals surface area contributed by atoms with E-state index in [4.69, 9.17) is 17.9 Å². The second-order valence-electron chi connectivity index (χ2n) is 7.72. The number of nitrogens with two attached hydrogens (primary N) is 2. The van der Waals surface area contributed by atoms with Gasteiger partial charge in [0.15, 0.2) is 0 Å². The lowest BCUT2D eigenvalue weighted by atomic mass is 9.91. The van der Waals surface area contributed by atoms with Crippen molar-refractivity contribution in [1.29, 1.82) is 0 Å². The molecule has 0 aliphatic rings. The standard InChI is InChI=1S/C21H29FN4OS2/c1-7-14-8-15(12(2)3)19(24)17(18(14)22)13(4)26(10-23)11-28-16-9-25-20(29-16)21(5,6)27/h1,8-9,12-13,27H,10-11,23-24H2,2-6H3. The van der Waals surface area contributed by atoms with Crippen LogP contribution in [0.1, 0.15) is 68.3 Å². The highest BCUT2D eigenvalue weighted by Crippen LogP contribution is 2.37. The number of thioether (sulfide) groups is 1. The number of anilines is 1. The molecule has 0 aliphatic heterocycles. The molecule has 8 heteroatoms. The summed E-state index contributed by atoms with van der Waals surface area (Å²) >= 11 is 2.96. The van der Waals surface area contributed by atoms with Crippen molar-refractivity contribution in [3.63, 3.8) is 0 Å². The molecule has 1 unspecified atom stereocenters. The Hall–Kier alpha value is -1.63. The number of thiazole rings is 1. The molecule has 2 aromatic rings. The van der Waals surface area contributed by atoms with Crippen molar-refractivity contribution in [3.8, 4) is 12.3 Å². The number of aliphatic hydroxyl groups is 1. The molecule has 29 heavy (non-hydrogen) atoms. The van der Waals surface area contributed by atoms with Crippen molar-refractivity contribution >= 4 is 28.8 Å². The SMILES string of the molecule is C#Cc1cc(C(C)C)c(N)c(C(C)N(CN)CSc2cnc(C(C)(C)O)s2)c1F. The largest absolute Gasteiger partial charge is 0.398 e. The van der Waals surface area contributed by atoms with E-state index in [0.29, 0.717) is 22.1 Å². The zero-order valence-electron chi connectivity index (χ0n) is 17.5. The molecule has 5 N–H and O–H groups in total. The van der Waals surface area contributed by atoms with Crippen molar-refractivity contribution in [3.05, 3.63) is 39.8 Å². The predicted octanol–water partition coefficient (Wildman–Crippen LogP) is 4.23. The minimum atomic E-state index is -0.981. The smallest absolute Gasteiger partial charge is 0.145 e. The fraction of sp³-hybridized carbons (Fsp3) is 0.476. The number of rotatable bonds is 8. The van der Waals surface area contributed by atoms with Gasteiger partial charge in [0, 0.05) is 24.0 Å². The van der Waals surface area contributed by atoms with Crippen molar-refractivity contribution < 1.29 is 9.50 Å². The average Bonchev–Trinajstić information content (AvgIpc) is 3.11. The third-order valence-corrected chi connectivity index (χ3v) is 7.29. The van der Waals surface area contributed by atoms with Gasteiger partial charge in [-0.3, -0.25) is 4.90 Å². The van der Waals surface area contributed by atoms with Gasteiger partial charge >= 0.3 is 0 Å². The molecule has 2 rings (SSSR count). The fourth-order valence-corrected chi connectivity index (χ4v) is 5.00. The maximum absolute atomic E-state index is 15.1. The lowest BCUT2D eigenvalue weighted by Crippen LogP contribution is -2.33. The molecule has 0 amide bonds. The molecular formula is C21H29FN4OS2. The second kappa shape index (κ2) is 9.45. The highest BCUT2D eigenvalue weighted by Gasteiger charge is 2.26. The number of benzene rings is 1. The molecule has 0 spiro atoms. The van der Waals surface area contributed by atoms with Crippen LogP contribution in [0.3, 0.4) is 0 Å². The minimum absolute atomic E-state index is 0.117. The quantitative estimate of drug-likeness (QED) is 0.248. The monoisotopic (exact) mass is 436 g/mol. The summed E-state index contributed by atoms with van der Waals surface area (Å²) in [6.07, 6.45) is 7.25. The number of nitrogen functional groups attached to an aromatic ring is 1. The number of hydrogen-bond acceptors (Lipinski definition) is 7. The molecule has 0 fully saturated rings. The first-order valence-electron chi connectivity index (χ1n) is 9.35. The van der Waals surface area contributed by atoms with Crippen LogP contribution in [0, 0.1) is 18.2 Å². The van der Waals surface area contributed by atoms with Gasteiger partial charge in [0.1, 0.15) is 16.4 Å². The van der Waals surface area contributed by atoms with E-state index in [2.05, 4.69) is 10.9 Å². The van der Waals surface area contributed by atoms with Crippen LogP contribution in [0.4, 0.5) is 10.1 Å². The van der Waals surface area contributed by atoms with Crippen molar-refractivity contribution in [2.45, 2.75) is 56.4 Å². The first-order chi connectivity index (χ1) is 13.5. The Morgan fingerprint density at radius 2 is 2.07 bits per heavy atom. The van der Waals surface area contributed by atoms with Crippen molar-refractivity contribution in [2.24, 2.45) is 5.73 Å². The molecule has 1 aromatic carbocycles. The van der Waals surface area contributed by atoms with Crippen LogP contribution in [-0.4, -0.2) is 27.5 Å². The van der Waals surface area contributed by atoms with Crippen LogP contribution >= 0.6 is 23.1 Å². The zero-order valence-corrected chi connectivity index (χ0v) is 19.1.